The average Bonchev–Trinajstić information content (AvgIpc) is 3.45. The number of anilines is 1. The summed E-state index contributed by atoms with van der Waals surface area (Å²) in [5.41, 5.74) is 1.25. The molecule has 1 fully saturated rings. The molecule has 8 nitrogen and oxygen atoms in total. The number of hydrogen-bond acceptors (Lipinski definition) is 7. The van der Waals surface area contributed by atoms with Gasteiger partial charge in [0.1, 0.15) is 21.3 Å². The summed E-state index contributed by atoms with van der Waals surface area (Å²) in [6, 6.07) is 4.26. The van der Waals surface area contributed by atoms with Crippen molar-refractivity contribution in [3.05, 3.63) is 32.5 Å². The molecule has 1 atom stereocenters. The monoisotopic (exact) mass is 498 g/mol. The molecule has 2 aromatic rings. The molecule has 0 aromatic carbocycles. The Kier molecular flexibility index (Phi) is 6.11. The molecule has 0 radical (unpaired) electrons. The first-order chi connectivity index (χ1) is 14.7. The fourth-order valence-corrected chi connectivity index (χ4v) is 8.40. The van der Waals surface area contributed by atoms with Crippen LogP contribution in [0.3, 0.4) is 0 Å². The third kappa shape index (κ3) is 4.10. The maximum Gasteiger partial charge on any atom is 0.253 e. The van der Waals surface area contributed by atoms with E-state index >= 15 is 0 Å². The molecular formula is C19H19ClN4O4S3. The molecule has 2 aliphatic heterocycles. The van der Waals surface area contributed by atoms with E-state index in [1.54, 1.807) is 4.90 Å². The van der Waals surface area contributed by atoms with Gasteiger partial charge < -0.3 is 10.2 Å². The molecule has 2 aromatic heterocycles. The molecular weight excluding hydrogens is 480 g/mol. The highest BCUT2D eigenvalue weighted by molar-refractivity contribution is 7.91. The van der Waals surface area contributed by atoms with Crippen LogP contribution in [-0.2, 0) is 32.6 Å². The third-order valence-corrected chi connectivity index (χ3v) is 10.2. The number of sulfonamides is 1. The SMILES string of the molecule is CC(=O)N1CCc2c(sc(NC(=O)[C@H]3CCCN3S(=O)(=O)c3ccc(Cl)s3)c2C#N)C1. The van der Waals surface area contributed by atoms with Crippen molar-refractivity contribution >= 4 is 61.1 Å². The second-order valence-corrected chi connectivity index (χ2v) is 12.3. The number of nitrogens with one attached hydrogen (secondary N) is 1. The summed E-state index contributed by atoms with van der Waals surface area (Å²) in [5, 5.41) is 12.9. The van der Waals surface area contributed by atoms with E-state index in [-0.39, 0.29) is 16.7 Å². The Morgan fingerprint density at radius 1 is 1.29 bits per heavy atom. The van der Waals surface area contributed by atoms with Crippen LogP contribution in [0.15, 0.2) is 16.3 Å². The van der Waals surface area contributed by atoms with Gasteiger partial charge in [0.25, 0.3) is 10.0 Å². The number of carbonyl (C=O) groups is 2. The lowest BCUT2D eigenvalue weighted by molar-refractivity contribution is -0.129. The zero-order chi connectivity index (χ0) is 22.3. The number of nitriles is 1. The lowest BCUT2D eigenvalue weighted by Gasteiger charge is -2.25. The second-order valence-electron chi connectivity index (χ2n) is 7.33. The number of carbonyl (C=O) groups excluding carboxylic acids is 2. The van der Waals surface area contributed by atoms with Gasteiger partial charge >= 0.3 is 0 Å². The molecule has 4 rings (SSSR count). The van der Waals surface area contributed by atoms with Crippen molar-refractivity contribution in [1.29, 1.82) is 5.26 Å². The van der Waals surface area contributed by atoms with Crippen LogP contribution in [0.5, 0.6) is 0 Å². The highest BCUT2D eigenvalue weighted by Crippen LogP contribution is 2.38. The van der Waals surface area contributed by atoms with Crippen molar-refractivity contribution in [1.82, 2.24) is 9.21 Å². The zero-order valence-corrected chi connectivity index (χ0v) is 19.8. The molecule has 4 heterocycles. The Balaban J connectivity index is 1.57. The van der Waals surface area contributed by atoms with Crippen LogP contribution in [0.2, 0.25) is 4.34 Å². The fourth-order valence-electron chi connectivity index (χ4n) is 3.92. The lowest BCUT2D eigenvalue weighted by atomic mass is 10.0. The molecule has 0 unspecified atom stereocenters. The van der Waals surface area contributed by atoms with E-state index in [0.717, 1.165) is 21.8 Å². The second kappa shape index (κ2) is 8.52. The van der Waals surface area contributed by atoms with Gasteiger partial charge in [0.15, 0.2) is 0 Å². The van der Waals surface area contributed by atoms with Gasteiger partial charge in [-0.2, -0.15) is 9.57 Å². The molecule has 0 bridgehead atoms. The lowest BCUT2D eigenvalue weighted by Crippen LogP contribution is -2.42. The number of thiophene rings is 2. The number of halogens is 1. The number of fused-ring (bicyclic) bond motifs is 1. The van der Waals surface area contributed by atoms with E-state index < -0.39 is 22.0 Å². The van der Waals surface area contributed by atoms with Crippen molar-refractivity contribution in [2.75, 3.05) is 18.4 Å². The number of rotatable bonds is 4. The van der Waals surface area contributed by atoms with E-state index in [2.05, 4.69) is 11.4 Å². The molecule has 1 N–H and O–H groups in total. The quantitative estimate of drug-likeness (QED) is 0.696. The number of nitrogens with zero attached hydrogens (tertiary/aromatic N) is 3. The van der Waals surface area contributed by atoms with E-state index in [1.807, 2.05) is 0 Å². The minimum Gasteiger partial charge on any atom is -0.337 e. The molecule has 2 aliphatic rings. The van der Waals surface area contributed by atoms with Gasteiger partial charge in [-0.25, -0.2) is 8.42 Å². The normalized spacial score (nSPS) is 19.1. The molecule has 0 saturated carbocycles. The summed E-state index contributed by atoms with van der Waals surface area (Å²) in [6.45, 7) is 2.68. The first kappa shape index (κ1) is 22.2. The standard InChI is InChI=1S/C19H19ClN4O4S3/c1-11(25)23-8-6-12-13(9-21)19(29-15(12)10-23)22-18(26)14-3-2-7-24(14)31(27,28)17-5-4-16(20)30-17/h4-5,14H,2-3,6-8,10H2,1H3,(H,22,26)/t14-/m1/s1. The van der Waals surface area contributed by atoms with E-state index in [1.165, 1.54) is 34.7 Å². The van der Waals surface area contributed by atoms with Gasteiger partial charge in [-0.3, -0.25) is 9.59 Å². The Labute approximate surface area is 193 Å². The highest BCUT2D eigenvalue weighted by Gasteiger charge is 2.40. The van der Waals surface area contributed by atoms with Crippen molar-refractivity contribution in [3.63, 3.8) is 0 Å². The summed E-state index contributed by atoms with van der Waals surface area (Å²) in [4.78, 5) is 27.3. The molecule has 164 valence electrons. The molecule has 0 aliphatic carbocycles. The molecule has 0 spiro atoms. The van der Waals surface area contributed by atoms with E-state index in [0.29, 0.717) is 47.3 Å². The minimum atomic E-state index is -3.84. The summed E-state index contributed by atoms with van der Waals surface area (Å²) in [5.74, 6) is -0.495. The Hall–Kier alpha value is -1.97. The van der Waals surface area contributed by atoms with Crippen molar-refractivity contribution in [2.24, 2.45) is 0 Å². The topological polar surface area (TPSA) is 111 Å². The Morgan fingerprint density at radius 2 is 2.06 bits per heavy atom. The molecule has 12 heteroatoms. The third-order valence-electron chi connectivity index (χ3n) is 5.47. The summed E-state index contributed by atoms with van der Waals surface area (Å²) < 4.78 is 27.7. The summed E-state index contributed by atoms with van der Waals surface area (Å²) in [6.07, 6.45) is 1.51. The van der Waals surface area contributed by atoms with Gasteiger partial charge in [-0.05, 0) is 37.0 Å². The van der Waals surface area contributed by atoms with E-state index in [9.17, 15) is 23.3 Å². The van der Waals surface area contributed by atoms with Gasteiger partial charge in [-0.1, -0.05) is 11.6 Å². The predicted octanol–water partition coefficient (Wildman–Crippen LogP) is 3.03. The fraction of sp³-hybridized carbons (Fsp3) is 0.421. The summed E-state index contributed by atoms with van der Waals surface area (Å²) in [7, 11) is -3.84. The van der Waals surface area contributed by atoms with Crippen molar-refractivity contribution < 1.29 is 18.0 Å². The summed E-state index contributed by atoms with van der Waals surface area (Å²) >= 11 is 8.12. The Morgan fingerprint density at radius 3 is 2.71 bits per heavy atom. The van der Waals surface area contributed by atoms with Crippen LogP contribution < -0.4 is 5.32 Å². The molecule has 2 amide bonds. The van der Waals surface area contributed by atoms with Crippen LogP contribution >= 0.6 is 34.3 Å². The van der Waals surface area contributed by atoms with Gasteiger partial charge in [-0.15, -0.1) is 22.7 Å². The van der Waals surface area contributed by atoms with E-state index in [4.69, 9.17) is 11.6 Å². The smallest absolute Gasteiger partial charge is 0.253 e. The van der Waals surface area contributed by atoms with Crippen molar-refractivity contribution in [2.45, 2.75) is 43.0 Å². The molecule has 31 heavy (non-hydrogen) atoms. The zero-order valence-electron chi connectivity index (χ0n) is 16.6. The number of hydrogen-bond donors (Lipinski definition) is 1. The molecule has 1 saturated heterocycles. The van der Waals surface area contributed by atoms with Gasteiger partial charge in [0, 0.05) is 24.9 Å². The first-order valence-corrected chi connectivity index (χ1v) is 13.1. The van der Waals surface area contributed by atoms with Crippen LogP contribution in [-0.4, -0.2) is 48.6 Å². The Bertz CT molecular complexity index is 1200. The van der Waals surface area contributed by atoms with Crippen molar-refractivity contribution in [3.8, 4) is 6.07 Å². The minimum absolute atomic E-state index is 0.0383. The van der Waals surface area contributed by atoms with Crippen LogP contribution in [0.4, 0.5) is 5.00 Å². The largest absolute Gasteiger partial charge is 0.337 e. The highest BCUT2D eigenvalue weighted by atomic mass is 35.5. The van der Waals surface area contributed by atoms with Crippen LogP contribution in [0, 0.1) is 11.3 Å². The maximum absolute atomic E-state index is 13.1. The van der Waals surface area contributed by atoms with Crippen LogP contribution in [0.25, 0.3) is 0 Å². The average molecular weight is 499 g/mol. The van der Waals surface area contributed by atoms with Gasteiger partial charge in [0.05, 0.1) is 16.4 Å². The first-order valence-electron chi connectivity index (χ1n) is 9.60. The van der Waals surface area contributed by atoms with Crippen LogP contribution in [0.1, 0.15) is 35.8 Å². The predicted molar refractivity (Wildman–Crippen MR) is 119 cm³/mol. The maximum atomic E-state index is 13.1. The number of amides is 2. The van der Waals surface area contributed by atoms with Gasteiger partial charge in [0.2, 0.25) is 11.8 Å².